The van der Waals surface area contributed by atoms with Crippen molar-refractivity contribution in [2.45, 2.75) is 58.4 Å². The van der Waals surface area contributed by atoms with Crippen LogP contribution in [0.1, 0.15) is 51.2 Å². The van der Waals surface area contributed by atoms with Gasteiger partial charge in [-0.15, -0.1) is 0 Å². The Hall–Kier alpha value is -1.31. The zero-order chi connectivity index (χ0) is 13.9. The molecule has 0 spiro atoms. The molecule has 1 aromatic rings. The van der Waals surface area contributed by atoms with E-state index in [-0.39, 0.29) is 11.4 Å². The molecule has 1 amide bonds. The number of hydrogen-bond donors (Lipinski definition) is 1. The highest BCUT2D eigenvalue weighted by Crippen LogP contribution is 2.31. The largest absolute Gasteiger partial charge is 0.350 e. The first-order valence-corrected chi connectivity index (χ1v) is 7.42. The summed E-state index contributed by atoms with van der Waals surface area (Å²) in [5.41, 5.74) is 2.69. The van der Waals surface area contributed by atoms with Crippen LogP contribution in [-0.4, -0.2) is 11.4 Å². The van der Waals surface area contributed by atoms with Crippen molar-refractivity contribution >= 4 is 5.91 Å². The number of benzene rings is 1. The smallest absolute Gasteiger partial charge is 0.220 e. The standard InChI is InChI=1S/C17H25NO/c1-4-14-5-7-15(8-6-14)12-17(11-13(2)3)10-9-16(19)18-17/h5-8,13H,4,9-12H2,1-3H3,(H,18,19). The molecule has 0 radical (unpaired) electrons. The van der Waals surface area contributed by atoms with E-state index in [4.69, 9.17) is 0 Å². The summed E-state index contributed by atoms with van der Waals surface area (Å²) in [6.07, 6.45) is 4.75. The van der Waals surface area contributed by atoms with Crippen molar-refractivity contribution in [1.82, 2.24) is 5.32 Å². The van der Waals surface area contributed by atoms with E-state index in [1.807, 2.05) is 0 Å². The predicted molar refractivity (Wildman–Crippen MR) is 79.1 cm³/mol. The fourth-order valence-electron chi connectivity index (χ4n) is 3.20. The Bertz CT molecular complexity index is 435. The number of amides is 1. The molecular weight excluding hydrogens is 234 g/mol. The molecule has 104 valence electrons. The summed E-state index contributed by atoms with van der Waals surface area (Å²) < 4.78 is 0. The zero-order valence-electron chi connectivity index (χ0n) is 12.3. The summed E-state index contributed by atoms with van der Waals surface area (Å²) >= 11 is 0. The second kappa shape index (κ2) is 5.77. The van der Waals surface area contributed by atoms with E-state index in [1.54, 1.807) is 0 Å². The predicted octanol–water partition coefficient (Wildman–Crippen LogP) is 3.49. The minimum atomic E-state index is -0.0149. The summed E-state index contributed by atoms with van der Waals surface area (Å²) in [5, 5.41) is 3.24. The number of rotatable bonds is 5. The number of carbonyl (C=O) groups excluding carboxylic acids is 1. The van der Waals surface area contributed by atoms with Gasteiger partial charge in [0, 0.05) is 12.0 Å². The van der Waals surface area contributed by atoms with Gasteiger partial charge < -0.3 is 5.32 Å². The van der Waals surface area contributed by atoms with Crippen molar-refractivity contribution in [2.75, 3.05) is 0 Å². The van der Waals surface area contributed by atoms with Crippen LogP contribution < -0.4 is 5.32 Å². The van der Waals surface area contributed by atoms with E-state index in [0.717, 1.165) is 25.7 Å². The molecule has 1 atom stereocenters. The zero-order valence-corrected chi connectivity index (χ0v) is 12.3. The van der Waals surface area contributed by atoms with E-state index in [0.29, 0.717) is 12.3 Å². The summed E-state index contributed by atoms with van der Waals surface area (Å²) in [4.78, 5) is 11.6. The van der Waals surface area contributed by atoms with Crippen molar-refractivity contribution in [3.05, 3.63) is 35.4 Å². The first kappa shape index (κ1) is 14.1. The third-order valence-corrected chi connectivity index (χ3v) is 4.01. The molecule has 19 heavy (non-hydrogen) atoms. The van der Waals surface area contributed by atoms with Crippen LogP contribution in [-0.2, 0) is 17.6 Å². The highest BCUT2D eigenvalue weighted by Gasteiger charge is 2.37. The Kier molecular flexibility index (Phi) is 4.28. The summed E-state index contributed by atoms with van der Waals surface area (Å²) in [7, 11) is 0. The molecule has 0 bridgehead atoms. The van der Waals surface area contributed by atoms with Gasteiger partial charge in [0.2, 0.25) is 5.91 Å². The van der Waals surface area contributed by atoms with Gasteiger partial charge in [-0.3, -0.25) is 4.79 Å². The van der Waals surface area contributed by atoms with Gasteiger partial charge in [-0.25, -0.2) is 0 Å². The average Bonchev–Trinajstić information content (AvgIpc) is 2.70. The fraction of sp³-hybridized carbons (Fsp3) is 0.588. The van der Waals surface area contributed by atoms with Crippen molar-refractivity contribution < 1.29 is 4.79 Å². The Balaban J connectivity index is 2.13. The maximum Gasteiger partial charge on any atom is 0.220 e. The molecule has 2 heteroatoms. The average molecular weight is 259 g/mol. The van der Waals surface area contributed by atoms with E-state index >= 15 is 0 Å². The van der Waals surface area contributed by atoms with E-state index < -0.39 is 0 Å². The van der Waals surface area contributed by atoms with Gasteiger partial charge in [-0.2, -0.15) is 0 Å². The molecular formula is C17H25NO. The molecule has 1 aliphatic heterocycles. The fourth-order valence-corrected chi connectivity index (χ4v) is 3.20. The van der Waals surface area contributed by atoms with Crippen LogP contribution in [0, 0.1) is 5.92 Å². The number of aryl methyl sites for hydroxylation is 1. The quantitative estimate of drug-likeness (QED) is 0.861. The maximum atomic E-state index is 11.6. The summed E-state index contributed by atoms with van der Waals surface area (Å²) in [5.74, 6) is 0.819. The van der Waals surface area contributed by atoms with Crippen LogP contribution in [0.3, 0.4) is 0 Å². The van der Waals surface area contributed by atoms with Gasteiger partial charge in [0.25, 0.3) is 0 Å². The molecule has 1 aliphatic rings. The molecule has 1 aromatic carbocycles. The lowest BCUT2D eigenvalue weighted by Gasteiger charge is -2.31. The molecule has 0 saturated carbocycles. The summed E-state index contributed by atoms with van der Waals surface area (Å²) in [6.45, 7) is 6.63. The highest BCUT2D eigenvalue weighted by atomic mass is 16.2. The highest BCUT2D eigenvalue weighted by molar-refractivity contribution is 5.79. The molecule has 1 unspecified atom stereocenters. The maximum absolute atomic E-state index is 11.6. The third kappa shape index (κ3) is 3.59. The Morgan fingerprint density at radius 3 is 2.32 bits per heavy atom. The van der Waals surface area contributed by atoms with Crippen LogP contribution in [0.4, 0.5) is 0 Å². The van der Waals surface area contributed by atoms with Gasteiger partial charge in [0.05, 0.1) is 0 Å². The minimum Gasteiger partial charge on any atom is -0.350 e. The molecule has 1 heterocycles. The first-order valence-electron chi connectivity index (χ1n) is 7.42. The molecule has 0 aromatic heterocycles. The lowest BCUT2D eigenvalue weighted by Crippen LogP contribution is -2.44. The molecule has 1 fully saturated rings. The lowest BCUT2D eigenvalue weighted by molar-refractivity contribution is -0.119. The van der Waals surface area contributed by atoms with Gasteiger partial charge in [-0.05, 0) is 42.7 Å². The van der Waals surface area contributed by atoms with Gasteiger partial charge >= 0.3 is 0 Å². The molecule has 0 aliphatic carbocycles. The van der Waals surface area contributed by atoms with Gasteiger partial charge in [0.1, 0.15) is 0 Å². The van der Waals surface area contributed by atoms with Crippen LogP contribution in [0.5, 0.6) is 0 Å². The van der Waals surface area contributed by atoms with Crippen molar-refractivity contribution in [3.63, 3.8) is 0 Å². The van der Waals surface area contributed by atoms with E-state index in [9.17, 15) is 4.79 Å². The second-order valence-electron chi connectivity index (χ2n) is 6.27. The van der Waals surface area contributed by atoms with Crippen molar-refractivity contribution in [2.24, 2.45) is 5.92 Å². The van der Waals surface area contributed by atoms with Crippen LogP contribution in [0.2, 0.25) is 0 Å². The first-order chi connectivity index (χ1) is 9.03. The number of nitrogens with one attached hydrogen (secondary N) is 1. The van der Waals surface area contributed by atoms with Crippen LogP contribution >= 0.6 is 0 Å². The Morgan fingerprint density at radius 1 is 1.21 bits per heavy atom. The van der Waals surface area contributed by atoms with Gasteiger partial charge in [-0.1, -0.05) is 45.0 Å². The number of hydrogen-bond acceptors (Lipinski definition) is 1. The van der Waals surface area contributed by atoms with Crippen LogP contribution in [0.25, 0.3) is 0 Å². The van der Waals surface area contributed by atoms with E-state index in [1.165, 1.54) is 11.1 Å². The Morgan fingerprint density at radius 2 is 1.84 bits per heavy atom. The van der Waals surface area contributed by atoms with Crippen molar-refractivity contribution in [1.29, 1.82) is 0 Å². The monoisotopic (exact) mass is 259 g/mol. The second-order valence-corrected chi connectivity index (χ2v) is 6.27. The molecule has 2 nitrogen and oxygen atoms in total. The Labute approximate surface area is 116 Å². The van der Waals surface area contributed by atoms with Crippen molar-refractivity contribution in [3.8, 4) is 0 Å². The third-order valence-electron chi connectivity index (χ3n) is 4.01. The normalized spacial score (nSPS) is 22.8. The molecule has 2 rings (SSSR count). The summed E-state index contributed by atoms with van der Waals surface area (Å²) in [6, 6.07) is 8.83. The number of carbonyl (C=O) groups is 1. The topological polar surface area (TPSA) is 29.1 Å². The SMILES string of the molecule is CCc1ccc(CC2(CC(C)C)CCC(=O)N2)cc1. The lowest BCUT2D eigenvalue weighted by atomic mass is 9.82. The van der Waals surface area contributed by atoms with Crippen LogP contribution in [0.15, 0.2) is 24.3 Å². The molecule has 1 saturated heterocycles. The minimum absolute atomic E-state index is 0.0149. The van der Waals surface area contributed by atoms with Gasteiger partial charge in [0.15, 0.2) is 0 Å². The van der Waals surface area contributed by atoms with E-state index in [2.05, 4.69) is 50.4 Å². The molecule has 1 N–H and O–H groups in total.